The Morgan fingerprint density at radius 2 is 2.25 bits per heavy atom. The summed E-state index contributed by atoms with van der Waals surface area (Å²) in [5.74, 6) is 0.489. The Kier molecular flexibility index (Phi) is 3.88. The van der Waals surface area contributed by atoms with Crippen LogP contribution in [-0.4, -0.2) is 12.4 Å². The summed E-state index contributed by atoms with van der Waals surface area (Å²) in [6, 6.07) is 5.52. The molecule has 66 valence electrons. The zero-order valence-electron chi connectivity index (χ0n) is 6.39. The Morgan fingerprint density at radius 3 is 2.83 bits per heavy atom. The second-order valence-electron chi connectivity index (χ2n) is 2.23. The molecule has 0 bridgehead atoms. The van der Waals surface area contributed by atoms with Gasteiger partial charge in [0.1, 0.15) is 0 Å². The van der Waals surface area contributed by atoms with Crippen molar-refractivity contribution in [3.63, 3.8) is 0 Å². The number of nitrogen functional groups attached to an aromatic ring is 1. The third kappa shape index (κ3) is 2.68. The fourth-order valence-corrected chi connectivity index (χ4v) is 2.18. The van der Waals surface area contributed by atoms with Gasteiger partial charge in [0.2, 0.25) is 0 Å². The molecule has 1 aromatic rings. The predicted molar refractivity (Wildman–Crippen MR) is 55.3 cm³/mol. The van der Waals surface area contributed by atoms with Crippen LogP contribution in [0.1, 0.15) is 0 Å². The molecule has 4 heteroatoms. The van der Waals surface area contributed by atoms with E-state index in [0.29, 0.717) is 11.4 Å². The van der Waals surface area contributed by atoms with Crippen LogP contribution in [0.2, 0.25) is 0 Å². The van der Waals surface area contributed by atoms with Crippen molar-refractivity contribution in [3.8, 4) is 0 Å². The normalized spacial score (nSPS) is 10.2. The van der Waals surface area contributed by atoms with Crippen LogP contribution < -0.4 is 5.73 Å². The molecule has 0 aromatic heterocycles. The first-order valence-corrected chi connectivity index (χ1v) is 5.25. The lowest BCUT2D eigenvalue weighted by molar-refractivity contribution is 0.533. The van der Waals surface area contributed by atoms with E-state index in [1.165, 1.54) is 11.8 Å². The number of rotatable bonds is 3. The van der Waals surface area contributed by atoms with Crippen molar-refractivity contribution < 1.29 is 4.39 Å². The average molecular weight is 250 g/mol. The van der Waals surface area contributed by atoms with E-state index in [-0.39, 0.29) is 6.67 Å². The van der Waals surface area contributed by atoms with Gasteiger partial charge in [-0.25, -0.2) is 0 Å². The lowest BCUT2D eigenvalue weighted by atomic mass is 10.3. The van der Waals surface area contributed by atoms with E-state index in [9.17, 15) is 4.39 Å². The van der Waals surface area contributed by atoms with Crippen LogP contribution in [0.25, 0.3) is 0 Å². The molecule has 0 radical (unpaired) electrons. The van der Waals surface area contributed by atoms with Crippen LogP contribution >= 0.6 is 27.7 Å². The Hall–Kier alpha value is -0.220. The first-order chi connectivity index (χ1) is 5.74. The fraction of sp³-hybridized carbons (Fsp3) is 0.250. The maximum atomic E-state index is 11.8. The number of benzene rings is 1. The molecule has 1 nitrogen and oxygen atoms in total. The highest BCUT2D eigenvalue weighted by atomic mass is 79.9. The van der Waals surface area contributed by atoms with Crippen LogP contribution in [0.15, 0.2) is 27.6 Å². The fourth-order valence-electron chi connectivity index (χ4n) is 0.783. The third-order valence-corrected chi connectivity index (χ3v) is 3.23. The first-order valence-electron chi connectivity index (χ1n) is 3.48. The lowest BCUT2D eigenvalue weighted by Crippen LogP contribution is -1.86. The number of hydrogen-bond donors (Lipinski definition) is 1. The van der Waals surface area contributed by atoms with Gasteiger partial charge in [-0.3, -0.25) is 4.39 Å². The largest absolute Gasteiger partial charge is 0.399 e. The van der Waals surface area contributed by atoms with Gasteiger partial charge >= 0.3 is 0 Å². The molecule has 0 aliphatic rings. The molecule has 0 aliphatic carbocycles. The molecule has 0 unspecified atom stereocenters. The maximum Gasteiger partial charge on any atom is 0.0988 e. The van der Waals surface area contributed by atoms with Gasteiger partial charge in [-0.1, -0.05) is 0 Å². The molecule has 0 amide bonds. The summed E-state index contributed by atoms with van der Waals surface area (Å²) < 4.78 is 12.8. The summed E-state index contributed by atoms with van der Waals surface area (Å²) in [4.78, 5) is 1.03. The monoisotopic (exact) mass is 249 g/mol. The van der Waals surface area contributed by atoms with E-state index in [1.807, 2.05) is 18.2 Å². The topological polar surface area (TPSA) is 26.0 Å². The van der Waals surface area contributed by atoms with Crippen molar-refractivity contribution in [2.75, 3.05) is 18.2 Å². The molecule has 0 spiro atoms. The van der Waals surface area contributed by atoms with Gasteiger partial charge in [-0.15, -0.1) is 11.8 Å². The number of hydrogen-bond acceptors (Lipinski definition) is 2. The summed E-state index contributed by atoms with van der Waals surface area (Å²) in [6.45, 7) is -0.304. The van der Waals surface area contributed by atoms with Gasteiger partial charge in [0.15, 0.2) is 0 Å². The number of thioether (sulfide) groups is 1. The summed E-state index contributed by atoms with van der Waals surface area (Å²) in [6.07, 6.45) is 0. The van der Waals surface area contributed by atoms with Crippen molar-refractivity contribution in [2.45, 2.75) is 4.90 Å². The summed E-state index contributed by atoms with van der Waals surface area (Å²) in [5.41, 5.74) is 6.26. The molecule has 0 fully saturated rings. The molecular weight excluding hydrogens is 241 g/mol. The number of alkyl halides is 1. The molecule has 0 saturated heterocycles. The lowest BCUT2D eigenvalue weighted by Gasteiger charge is -2.02. The molecular formula is C8H9BrFNS. The summed E-state index contributed by atoms with van der Waals surface area (Å²) >= 11 is 4.83. The van der Waals surface area contributed by atoms with E-state index >= 15 is 0 Å². The molecule has 0 atom stereocenters. The molecule has 1 rings (SSSR count). The van der Waals surface area contributed by atoms with Crippen molar-refractivity contribution in [1.82, 2.24) is 0 Å². The van der Waals surface area contributed by atoms with Crippen molar-refractivity contribution in [2.24, 2.45) is 0 Å². The molecule has 12 heavy (non-hydrogen) atoms. The van der Waals surface area contributed by atoms with Gasteiger partial charge in [-0.2, -0.15) is 0 Å². The van der Waals surface area contributed by atoms with Gasteiger partial charge in [0.05, 0.1) is 6.67 Å². The van der Waals surface area contributed by atoms with Crippen LogP contribution in [0.4, 0.5) is 10.1 Å². The van der Waals surface area contributed by atoms with E-state index in [4.69, 9.17) is 5.73 Å². The van der Waals surface area contributed by atoms with Crippen LogP contribution in [0.3, 0.4) is 0 Å². The number of nitrogens with two attached hydrogens (primary N) is 1. The Balaban J connectivity index is 2.72. The van der Waals surface area contributed by atoms with E-state index in [1.54, 1.807) is 0 Å². The molecule has 1 aromatic carbocycles. The molecule has 0 heterocycles. The highest BCUT2D eigenvalue weighted by Crippen LogP contribution is 2.28. The Morgan fingerprint density at radius 1 is 1.50 bits per heavy atom. The van der Waals surface area contributed by atoms with Gasteiger partial charge in [0.25, 0.3) is 0 Å². The maximum absolute atomic E-state index is 11.8. The minimum absolute atomic E-state index is 0.304. The van der Waals surface area contributed by atoms with Crippen molar-refractivity contribution in [3.05, 3.63) is 22.7 Å². The van der Waals surface area contributed by atoms with Crippen LogP contribution in [0, 0.1) is 0 Å². The van der Waals surface area contributed by atoms with Gasteiger partial charge in [-0.05, 0) is 34.1 Å². The zero-order valence-corrected chi connectivity index (χ0v) is 8.79. The minimum Gasteiger partial charge on any atom is -0.399 e. The molecule has 0 aliphatic heterocycles. The first kappa shape index (κ1) is 9.86. The summed E-state index contributed by atoms with van der Waals surface area (Å²) in [5, 5.41) is 0. The van der Waals surface area contributed by atoms with Gasteiger partial charge < -0.3 is 5.73 Å². The number of anilines is 1. The second-order valence-corrected chi connectivity index (χ2v) is 4.22. The molecule has 2 N–H and O–H groups in total. The van der Waals surface area contributed by atoms with Crippen molar-refractivity contribution >= 4 is 33.4 Å². The third-order valence-electron chi connectivity index (χ3n) is 1.29. The second kappa shape index (κ2) is 4.72. The predicted octanol–water partition coefficient (Wildman–Crippen LogP) is 3.09. The van der Waals surface area contributed by atoms with Crippen molar-refractivity contribution in [1.29, 1.82) is 0 Å². The zero-order chi connectivity index (χ0) is 8.97. The highest BCUT2D eigenvalue weighted by molar-refractivity contribution is 9.10. The smallest absolute Gasteiger partial charge is 0.0988 e. The quantitative estimate of drug-likeness (QED) is 0.659. The van der Waals surface area contributed by atoms with Gasteiger partial charge in [0, 0.05) is 20.8 Å². The molecule has 0 saturated carbocycles. The van der Waals surface area contributed by atoms with E-state index in [0.717, 1.165) is 9.37 Å². The van der Waals surface area contributed by atoms with Crippen LogP contribution in [0.5, 0.6) is 0 Å². The average Bonchev–Trinajstić information content (AvgIpc) is 2.03. The SMILES string of the molecule is Nc1ccc(SCCF)c(Br)c1. The minimum atomic E-state index is -0.304. The standard InChI is InChI=1S/C8H9BrFNS/c9-7-5-6(11)1-2-8(7)12-4-3-10/h1-2,5H,3-4,11H2. The van der Waals surface area contributed by atoms with Crippen LogP contribution in [-0.2, 0) is 0 Å². The highest BCUT2D eigenvalue weighted by Gasteiger charge is 1.99. The summed E-state index contributed by atoms with van der Waals surface area (Å²) in [7, 11) is 0. The van der Waals surface area contributed by atoms with E-state index < -0.39 is 0 Å². The Labute approximate surface area is 83.7 Å². The Bertz CT molecular complexity index is 267. The van der Waals surface area contributed by atoms with E-state index in [2.05, 4.69) is 15.9 Å². The number of halogens is 2.